The molecule has 1 aromatic heterocycles. The summed E-state index contributed by atoms with van der Waals surface area (Å²) in [7, 11) is 0. The Kier molecular flexibility index (Phi) is 4.18. The molecule has 2 aliphatic rings. The van der Waals surface area contributed by atoms with Gasteiger partial charge in [0.05, 0.1) is 17.6 Å². The van der Waals surface area contributed by atoms with Gasteiger partial charge in [0, 0.05) is 25.2 Å². The smallest absolute Gasteiger partial charge is 0.306 e. The predicted octanol–water partition coefficient (Wildman–Crippen LogP) is -0.0215. The Morgan fingerprint density at radius 2 is 2.38 bits per heavy atom. The van der Waals surface area contributed by atoms with Crippen LogP contribution < -0.4 is 5.32 Å². The Morgan fingerprint density at radius 1 is 1.52 bits per heavy atom. The maximum absolute atomic E-state index is 10.6. The summed E-state index contributed by atoms with van der Waals surface area (Å²) in [4.78, 5) is 12.6. The number of rotatable bonds is 6. The quantitative estimate of drug-likeness (QED) is 0.565. The van der Waals surface area contributed by atoms with Crippen molar-refractivity contribution in [2.75, 3.05) is 19.6 Å². The maximum atomic E-state index is 10.6. The molecule has 3 rings (SSSR count). The summed E-state index contributed by atoms with van der Waals surface area (Å²) < 4.78 is 1.42. The Balaban J connectivity index is 1.45. The van der Waals surface area contributed by atoms with Crippen molar-refractivity contribution in [2.24, 2.45) is 0 Å². The van der Waals surface area contributed by atoms with Crippen LogP contribution in [0.25, 0.3) is 0 Å². The molecule has 8 heteroatoms. The highest BCUT2D eigenvalue weighted by Gasteiger charge is 2.36. The van der Waals surface area contributed by atoms with Crippen LogP contribution in [0.4, 0.5) is 5.69 Å². The molecule has 0 aliphatic carbocycles. The Labute approximate surface area is 122 Å². The summed E-state index contributed by atoms with van der Waals surface area (Å²) in [6.07, 6.45) is 5.58. The van der Waals surface area contributed by atoms with Gasteiger partial charge >= 0.3 is 5.69 Å². The fourth-order valence-electron chi connectivity index (χ4n) is 3.44. The lowest BCUT2D eigenvalue weighted by atomic mass is 10.1. The number of aliphatic hydroxyl groups excluding tert-OH is 1. The zero-order chi connectivity index (χ0) is 14.8. The topological polar surface area (TPSA) is 96.5 Å². The van der Waals surface area contributed by atoms with E-state index in [1.807, 2.05) is 0 Å². The van der Waals surface area contributed by atoms with Crippen LogP contribution in [0.2, 0.25) is 0 Å². The van der Waals surface area contributed by atoms with Gasteiger partial charge in [-0.15, -0.1) is 0 Å². The summed E-state index contributed by atoms with van der Waals surface area (Å²) >= 11 is 0. The van der Waals surface area contributed by atoms with Crippen LogP contribution in [-0.2, 0) is 6.54 Å². The number of hydrogen-bond donors (Lipinski definition) is 2. The number of fused-ring (bicyclic) bond motifs is 1. The first-order valence-corrected chi connectivity index (χ1v) is 7.46. The van der Waals surface area contributed by atoms with Gasteiger partial charge in [0.2, 0.25) is 0 Å². The van der Waals surface area contributed by atoms with Crippen molar-refractivity contribution in [1.29, 1.82) is 0 Å². The number of aromatic nitrogens is 2. The third-order valence-electron chi connectivity index (χ3n) is 4.45. The second-order valence-corrected chi connectivity index (χ2v) is 5.88. The second kappa shape index (κ2) is 6.08. The number of aliphatic hydroxyl groups is 1. The molecule has 8 nitrogen and oxygen atoms in total. The van der Waals surface area contributed by atoms with Crippen LogP contribution in [0.15, 0.2) is 12.4 Å². The fourth-order valence-corrected chi connectivity index (χ4v) is 3.44. The molecular formula is C13H21N5O3. The molecule has 0 bridgehead atoms. The van der Waals surface area contributed by atoms with Gasteiger partial charge in [-0.1, -0.05) is 0 Å². The van der Waals surface area contributed by atoms with Crippen molar-refractivity contribution < 1.29 is 10.0 Å². The zero-order valence-corrected chi connectivity index (χ0v) is 11.9. The molecule has 2 fully saturated rings. The van der Waals surface area contributed by atoms with Crippen LogP contribution in [-0.4, -0.2) is 62.5 Å². The molecule has 0 spiro atoms. The Hall–Kier alpha value is -1.51. The lowest BCUT2D eigenvalue weighted by Gasteiger charge is -2.22. The van der Waals surface area contributed by atoms with Gasteiger partial charge in [-0.2, -0.15) is 5.10 Å². The van der Waals surface area contributed by atoms with Gasteiger partial charge in [0.15, 0.2) is 0 Å². The first-order chi connectivity index (χ1) is 10.1. The van der Waals surface area contributed by atoms with Crippen molar-refractivity contribution in [3.8, 4) is 0 Å². The van der Waals surface area contributed by atoms with Gasteiger partial charge in [-0.25, -0.2) is 0 Å². The van der Waals surface area contributed by atoms with E-state index in [1.54, 1.807) is 0 Å². The molecule has 116 valence electrons. The van der Waals surface area contributed by atoms with E-state index in [4.69, 9.17) is 0 Å². The molecule has 0 radical (unpaired) electrons. The van der Waals surface area contributed by atoms with Gasteiger partial charge in [-0.05, 0) is 25.8 Å². The first-order valence-electron chi connectivity index (χ1n) is 7.46. The number of nitrogens with one attached hydrogen (secondary N) is 1. The molecule has 0 saturated carbocycles. The minimum atomic E-state index is -0.597. The van der Waals surface area contributed by atoms with Gasteiger partial charge < -0.3 is 10.4 Å². The molecular weight excluding hydrogens is 274 g/mol. The van der Waals surface area contributed by atoms with Crippen molar-refractivity contribution in [1.82, 2.24) is 20.0 Å². The van der Waals surface area contributed by atoms with Crippen molar-refractivity contribution in [3.63, 3.8) is 0 Å². The van der Waals surface area contributed by atoms with Crippen LogP contribution in [0.3, 0.4) is 0 Å². The molecule has 3 atom stereocenters. The molecule has 3 heterocycles. The fraction of sp³-hybridized carbons (Fsp3) is 0.769. The van der Waals surface area contributed by atoms with Crippen LogP contribution in [0, 0.1) is 10.1 Å². The van der Waals surface area contributed by atoms with Crippen molar-refractivity contribution in [2.45, 2.75) is 44.0 Å². The number of hydrogen-bond acceptors (Lipinski definition) is 6. The second-order valence-electron chi connectivity index (χ2n) is 5.88. The van der Waals surface area contributed by atoms with Crippen LogP contribution >= 0.6 is 0 Å². The third kappa shape index (κ3) is 3.22. The molecule has 0 aromatic carbocycles. The molecule has 2 aliphatic heterocycles. The highest BCUT2D eigenvalue weighted by molar-refractivity contribution is 5.20. The summed E-state index contributed by atoms with van der Waals surface area (Å²) in [5.41, 5.74) is -0.0486. The lowest BCUT2D eigenvalue weighted by molar-refractivity contribution is -0.385. The minimum absolute atomic E-state index is 0.0486. The molecule has 0 amide bonds. The zero-order valence-electron chi connectivity index (χ0n) is 11.9. The Bertz CT molecular complexity index is 506. The minimum Gasteiger partial charge on any atom is -0.390 e. The average molecular weight is 295 g/mol. The summed E-state index contributed by atoms with van der Waals surface area (Å²) in [6.45, 7) is 3.09. The largest absolute Gasteiger partial charge is 0.390 e. The van der Waals surface area contributed by atoms with E-state index >= 15 is 0 Å². The highest BCUT2D eigenvalue weighted by Crippen LogP contribution is 2.27. The van der Waals surface area contributed by atoms with E-state index in [0.29, 0.717) is 18.6 Å². The van der Waals surface area contributed by atoms with Gasteiger partial charge in [0.25, 0.3) is 0 Å². The van der Waals surface area contributed by atoms with E-state index in [2.05, 4.69) is 15.3 Å². The van der Waals surface area contributed by atoms with E-state index in [-0.39, 0.29) is 12.2 Å². The number of nitro groups is 1. The molecule has 3 unspecified atom stereocenters. The molecule has 2 N–H and O–H groups in total. The molecule has 2 saturated heterocycles. The number of nitrogens with zero attached hydrogens (tertiary/aromatic N) is 4. The molecule has 21 heavy (non-hydrogen) atoms. The lowest BCUT2D eigenvalue weighted by Crippen LogP contribution is -2.43. The SMILES string of the molecule is O=[N+]([O-])c1cnn(CC(O)CNC2CCN3CCCC23)c1. The van der Waals surface area contributed by atoms with E-state index in [9.17, 15) is 15.2 Å². The van der Waals surface area contributed by atoms with Crippen molar-refractivity contribution >= 4 is 5.69 Å². The monoisotopic (exact) mass is 295 g/mol. The maximum Gasteiger partial charge on any atom is 0.306 e. The van der Waals surface area contributed by atoms with E-state index < -0.39 is 11.0 Å². The normalized spacial score (nSPS) is 26.9. The highest BCUT2D eigenvalue weighted by atomic mass is 16.6. The average Bonchev–Trinajstić information content (AvgIpc) is 3.12. The summed E-state index contributed by atoms with van der Waals surface area (Å²) in [5.74, 6) is 0. The standard InChI is InChI=1S/C13H21N5O3/c19-11(9-17-8-10(6-15-17)18(20)21)7-14-12-3-5-16-4-1-2-13(12)16/h6,8,11-14,19H,1-5,7,9H2. The third-order valence-corrected chi connectivity index (χ3v) is 4.45. The first kappa shape index (κ1) is 14.4. The van der Waals surface area contributed by atoms with Gasteiger partial charge in [-0.3, -0.25) is 19.7 Å². The summed E-state index contributed by atoms with van der Waals surface area (Å²) in [5, 5.41) is 27.9. The van der Waals surface area contributed by atoms with Crippen LogP contribution in [0.5, 0.6) is 0 Å². The van der Waals surface area contributed by atoms with Crippen LogP contribution in [0.1, 0.15) is 19.3 Å². The van der Waals surface area contributed by atoms with Gasteiger partial charge in [0.1, 0.15) is 12.4 Å². The summed E-state index contributed by atoms with van der Waals surface area (Å²) in [6, 6.07) is 1.07. The predicted molar refractivity (Wildman–Crippen MR) is 75.9 cm³/mol. The molecule has 1 aromatic rings. The van der Waals surface area contributed by atoms with Crippen molar-refractivity contribution in [3.05, 3.63) is 22.5 Å². The van der Waals surface area contributed by atoms with E-state index in [0.717, 1.165) is 13.0 Å². The van der Waals surface area contributed by atoms with E-state index in [1.165, 1.54) is 36.5 Å². The Morgan fingerprint density at radius 3 is 3.14 bits per heavy atom.